The van der Waals surface area contributed by atoms with E-state index in [-0.39, 0.29) is 5.41 Å². The first kappa shape index (κ1) is 15.0. The fourth-order valence-corrected chi connectivity index (χ4v) is 1.39. The van der Waals surface area contributed by atoms with Crippen molar-refractivity contribution in [1.82, 2.24) is 0 Å². The lowest BCUT2D eigenvalue weighted by molar-refractivity contribution is 0.303. The second-order valence-electron chi connectivity index (χ2n) is 5.29. The van der Waals surface area contributed by atoms with Gasteiger partial charge in [0, 0.05) is 6.42 Å². The first-order valence-electron chi connectivity index (χ1n) is 6.10. The van der Waals surface area contributed by atoms with E-state index in [1.807, 2.05) is 13.0 Å². The number of hydrogen-bond donors (Lipinski definition) is 1. The molecule has 0 bridgehead atoms. The molecule has 0 aliphatic carbocycles. The summed E-state index contributed by atoms with van der Waals surface area (Å²) in [5.74, 6) is 0.505. The second kappa shape index (κ2) is 8.20. The first-order valence-corrected chi connectivity index (χ1v) is 6.10. The molecule has 0 aliphatic rings. The summed E-state index contributed by atoms with van der Waals surface area (Å²) in [4.78, 5) is 0. The van der Waals surface area contributed by atoms with Crippen molar-refractivity contribution >= 4 is 0 Å². The molecule has 1 heteroatoms. The van der Waals surface area contributed by atoms with Crippen molar-refractivity contribution in [1.29, 1.82) is 0 Å². The topological polar surface area (TPSA) is 20.2 Å². The highest BCUT2D eigenvalue weighted by Crippen LogP contribution is 2.22. The molecular formula is C15H26O. The van der Waals surface area contributed by atoms with Gasteiger partial charge in [0.1, 0.15) is 0 Å². The summed E-state index contributed by atoms with van der Waals surface area (Å²) in [5, 5.41) is 9.64. The highest BCUT2D eigenvalue weighted by atomic mass is 16.3. The van der Waals surface area contributed by atoms with Crippen LogP contribution in [-0.4, -0.2) is 5.11 Å². The molecule has 0 saturated heterocycles. The minimum Gasteiger partial charge on any atom is -0.513 e. The first-order chi connectivity index (χ1) is 7.45. The van der Waals surface area contributed by atoms with E-state index in [1.165, 1.54) is 0 Å². The molecule has 1 nitrogen and oxygen atoms in total. The Bertz CT molecular complexity index is 251. The van der Waals surface area contributed by atoms with Crippen LogP contribution in [0.25, 0.3) is 0 Å². The van der Waals surface area contributed by atoms with Crippen LogP contribution >= 0.6 is 0 Å². The third-order valence-electron chi connectivity index (χ3n) is 2.10. The van der Waals surface area contributed by atoms with Gasteiger partial charge in [-0.3, -0.25) is 0 Å². The van der Waals surface area contributed by atoms with E-state index in [1.54, 1.807) is 0 Å². The molecule has 1 N–H and O–H groups in total. The highest BCUT2D eigenvalue weighted by Gasteiger charge is 2.11. The van der Waals surface area contributed by atoms with Crippen molar-refractivity contribution in [2.24, 2.45) is 5.41 Å². The zero-order chi connectivity index (χ0) is 12.4. The molecule has 0 aromatic carbocycles. The summed E-state index contributed by atoms with van der Waals surface area (Å²) >= 11 is 0. The molecule has 92 valence electrons. The zero-order valence-corrected chi connectivity index (χ0v) is 11.2. The molecule has 0 aromatic rings. The van der Waals surface area contributed by atoms with Gasteiger partial charge in [0.15, 0.2) is 0 Å². The molecule has 0 aliphatic heterocycles. The van der Waals surface area contributed by atoms with E-state index >= 15 is 0 Å². The summed E-state index contributed by atoms with van der Waals surface area (Å²) < 4.78 is 0. The van der Waals surface area contributed by atoms with Crippen molar-refractivity contribution in [3.05, 3.63) is 36.1 Å². The Labute approximate surface area is 101 Å². The third-order valence-corrected chi connectivity index (χ3v) is 2.10. The molecule has 0 unspecified atom stereocenters. The molecule has 0 spiro atoms. The Morgan fingerprint density at radius 3 is 2.25 bits per heavy atom. The Morgan fingerprint density at radius 1 is 1.06 bits per heavy atom. The molecule has 0 fully saturated rings. The SMILES string of the molecule is C/C=C/CC/C=C/C/C=C(\O)CC(C)(C)C. The van der Waals surface area contributed by atoms with Crippen LogP contribution in [0.1, 0.15) is 53.4 Å². The summed E-state index contributed by atoms with van der Waals surface area (Å²) in [7, 11) is 0. The Balaban J connectivity index is 3.74. The van der Waals surface area contributed by atoms with Gasteiger partial charge in [-0.25, -0.2) is 0 Å². The number of rotatable bonds is 6. The quantitative estimate of drug-likeness (QED) is 0.373. The van der Waals surface area contributed by atoms with Crippen LogP contribution < -0.4 is 0 Å². The van der Waals surface area contributed by atoms with Gasteiger partial charge in [-0.2, -0.15) is 0 Å². The van der Waals surface area contributed by atoms with Gasteiger partial charge in [0.2, 0.25) is 0 Å². The maximum Gasteiger partial charge on any atom is 0.0891 e. The average molecular weight is 222 g/mol. The standard InChI is InChI=1S/C15H26O/c1-5-6-7-8-9-10-11-12-14(16)13-15(2,3)4/h5-6,9-10,12,16H,7-8,11,13H2,1-4H3/b6-5+,10-9+,14-12-. The minimum atomic E-state index is 0.163. The lowest BCUT2D eigenvalue weighted by atomic mass is 9.91. The normalized spacial score (nSPS) is 14.1. The molecule has 0 radical (unpaired) electrons. The van der Waals surface area contributed by atoms with E-state index in [2.05, 4.69) is 45.1 Å². The predicted molar refractivity (Wildman–Crippen MR) is 72.6 cm³/mol. The van der Waals surface area contributed by atoms with E-state index < -0.39 is 0 Å². The number of hydrogen-bond acceptors (Lipinski definition) is 1. The molecule has 0 saturated carbocycles. The maximum absolute atomic E-state index is 9.64. The van der Waals surface area contributed by atoms with E-state index in [4.69, 9.17) is 0 Å². The maximum atomic E-state index is 9.64. The van der Waals surface area contributed by atoms with Crippen LogP contribution in [0.15, 0.2) is 36.1 Å². The van der Waals surface area contributed by atoms with Crippen LogP contribution in [0.4, 0.5) is 0 Å². The Kier molecular flexibility index (Phi) is 7.70. The number of unbranched alkanes of at least 4 members (excludes halogenated alkanes) is 1. The van der Waals surface area contributed by atoms with Gasteiger partial charge in [-0.1, -0.05) is 45.1 Å². The van der Waals surface area contributed by atoms with Gasteiger partial charge in [-0.05, 0) is 37.7 Å². The van der Waals surface area contributed by atoms with Gasteiger partial charge in [-0.15, -0.1) is 0 Å². The molecule has 0 aromatic heterocycles. The lowest BCUT2D eigenvalue weighted by Crippen LogP contribution is -2.05. The Morgan fingerprint density at radius 2 is 1.69 bits per heavy atom. The molecule has 0 rings (SSSR count). The van der Waals surface area contributed by atoms with Crippen LogP contribution in [0.2, 0.25) is 0 Å². The van der Waals surface area contributed by atoms with Crippen molar-refractivity contribution in [2.75, 3.05) is 0 Å². The third kappa shape index (κ3) is 11.1. The van der Waals surface area contributed by atoms with Crippen molar-refractivity contribution in [3.63, 3.8) is 0 Å². The second-order valence-corrected chi connectivity index (χ2v) is 5.29. The highest BCUT2D eigenvalue weighted by molar-refractivity contribution is 4.99. The van der Waals surface area contributed by atoms with Crippen LogP contribution in [0, 0.1) is 5.41 Å². The van der Waals surface area contributed by atoms with Crippen LogP contribution in [0.3, 0.4) is 0 Å². The summed E-state index contributed by atoms with van der Waals surface area (Å²) in [6.45, 7) is 8.43. The monoisotopic (exact) mass is 222 g/mol. The van der Waals surface area contributed by atoms with E-state index in [0.29, 0.717) is 5.76 Å². The largest absolute Gasteiger partial charge is 0.513 e. The Hall–Kier alpha value is -0.980. The lowest BCUT2D eigenvalue weighted by Gasteiger charge is -2.16. The number of aliphatic hydroxyl groups is 1. The number of aliphatic hydroxyl groups excluding tert-OH is 1. The van der Waals surface area contributed by atoms with Gasteiger partial charge < -0.3 is 5.11 Å². The smallest absolute Gasteiger partial charge is 0.0891 e. The molecular weight excluding hydrogens is 196 g/mol. The number of allylic oxidation sites excluding steroid dienone is 6. The van der Waals surface area contributed by atoms with Crippen molar-refractivity contribution < 1.29 is 5.11 Å². The van der Waals surface area contributed by atoms with Gasteiger partial charge in [0.05, 0.1) is 5.76 Å². The predicted octanol–water partition coefficient (Wildman–Crippen LogP) is 5.17. The zero-order valence-electron chi connectivity index (χ0n) is 11.2. The summed E-state index contributed by atoms with van der Waals surface area (Å²) in [5.41, 5.74) is 0.163. The van der Waals surface area contributed by atoms with Crippen LogP contribution in [0.5, 0.6) is 0 Å². The minimum absolute atomic E-state index is 0.163. The van der Waals surface area contributed by atoms with E-state index in [0.717, 1.165) is 25.7 Å². The molecule has 0 atom stereocenters. The van der Waals surface area contributed by atoms with Crippen molar-refractivity contribution in [3.8, 4) is 0 Å². The fourth-order valence-electron chi connectivity index (χ4n) is 1.39. The fraction of sp³-hybridized carbons (Fsp3) is 0.600. The van der Waals surface area contributed by atoms with Gasteiger partial charge in [0.25, 0.3) is 0 Å². The summed E-state index contributed by atoms with van der Waals surface area (Å²) in [6, 6.07) is 0. The molecule has 16 heavy (non-hydrogen) atoms. The van der Waals surface area contributed by atoms with Crippen LogP contribution in [-0.2, 0) is 0 Å². The van der Waals surface area contributed by atoms with Gasteiger partial charge >= 0.3 is 0 Å². The molecule has 0 heterocycles. The average Bonchev–Trinajstić information content (AvgIpc) is 2.13. The molecule has 0 amide bonds. The summed E-state index contributed by atoms with van der Waals surface area (Å²) in [6.07, 6.45) is 14.2. The van der Waals surface area contributed by atoms with Crippen molar-refractivity contribution in [2.45, 2.75) is 53.4 Å². The van der Waals surface area contributed by atoms with E-state index in [9.17, 15) is 5.11 Å².